The number of pyridine rings is 1. The highest BCUT2D eigenvalue weighted by Crippen LogP contribution is 2.33. The van der Waals surface area contributed by atoms with Crippen molar-refractivity contribution in [3.05, 3.63) is 30.1 Å². The van der Waals surface area contributed by atoms with Crippen LogP contribution in [-0.2, 0) is 6.18 Å². The third-order valence-corrected chi connectivity index (χ3v) is 1.83. The molecule has 0 aliphatic heterocycles. The number of hydrogen-bond donors (Lipinski definition) is 1. The molecule has 2 heterocycles. The van der Waals surface area contributed by atoms with Crippen LogP contribution >= 0.6 is 0 Å². The van der Waals surface area contributed by atoms with Crippen LogP contribution in [0.25, 0.3) is 5.65 Å². The zero-order valence-electron chi connectivity index (χ0n) is 6.92. The van der Waals surface area contributed by atoms with E-state index in [1.807, 2.05) is 0 Å². The van der Waals surface area contributed by atoms with Crippen LogP contribution in [-0.4, -0.2) is 9.38 Å². The molecule has 0 fully saturated rings. The summed E-state index contributed by atoms with van der Waals surface area (Å²) in [6.07, 6.45) is -3.20. The molecule has 0 spiro atoms. The number of alkyl halides is 3. The van der Waals surface area contributed by atoms with Crippen molar-refractivity contribution in [2.75, 3.05) is 5.73 Å². The first kappa shape index (κ1) is 8.86. The topological polar surface area (TPSA) is 43.3 Å². The van der Waals surface area contributed by atoms with E-state index < -0.39 is 17.7 Å². The second kappa shape index (κ2) is 2.63. The molecule has 2 aromatic heterocycles. The van der Waals surface area contributed by atoms with Crippen LogP contribution in [0.3, 0.4) is 0 Å². The predicted octanol–water partition coefficient (Wildman–Crippen LogP) is 1.94. The third-order valence-electron chi connectivity index (χ3n) is 1.83. The van der Waals surface area contributed by atoms with Gasteiger partial charge >= 0.3 is 6.18 Å². The molecule has 0 saturated carbocycles. The summed E-state index contributed by atoms with van der Waals surface area (Å²) in [5.74, 6) is -0.497. The smallest absolute Gasteiger partial charge is 0.382 e. The Morgan fingerprint density at radius 3 is 2.64 bits per heavy atom. The van der Waals surface area contributed by atoms with Gasteiger partial charge in [-0.2, -0.15) is 13.2 Å². The van der Waals surface area contributed by atoms with Gasteiger partial charge < -0.3 is 5.73 Å². The molecule has 0 aliphatic rings. The molecule has 6 heteroatoms. The van der Waals surface area contributed by atoms with Crippen molar-refractivity contribution >= 4 is 11.5 Å². The number of hydrogen-bond acceptors (Lipinski definition) is 2. The van der Waals surface area contributed by atoms with Crippen LogP contribution in [0.15, 0.2) is 24.4 Å². The minimum atomic E-state index is -4.48. The van der Waals surface area contributed by atoms with Gasteiger partial charge in [0.05, 0.1) is 0 Å². The Balaban J connectivity index is 2.81. The molecule has 0 aliphatic carbocycles. The van der Waals surface area contributed by atoms with Crippen molar-refractivity contribution in [3.8, 4) is 0 Å². The van der Waals surface area contributed by atoms with Gasteiger partial charge in [-0.05, 0) is 12.1 Å². The molecule has 74 valence electrons. The normalized spacial score (nSPS) is 12.2. The maximum atomic E-state index is 12.5. The standard InChI is InChI=1S/C8H6F3N3/c9-8(10,11)6-7(12)13-5-3-1-2-4-14(5)6/h1-4H,12H2. The Hall–Kier alpha value is -1.72. The van der Waals surface area contributed by atoms with Crippen LogP contribution in [0.1, 0.15) is 5.69 Å². The Morgan fingerprint density at radius 1 is 1.29 bits per heavy atom. The minimum Gasteiger partial charge on any atom is -0.382 e. The van der Waals surface area contributed by atoms with Crippen molar-refractivity contribution in [2.45, 2.75) is 6.18 Å². The molecule has 3 nitrogen and oxygen atoms in total. The first-order valence-corrected chi connectivity index (χ1v) is 3.80. The summed E-state index contributed by atoms with van der Waals surface area (Å²) in [6, 6.07) is 4.55. The lowest BCUT2D eigenvalue weighted by atomic mass is 10.4. The first-order valence-electron chi connectivity index (χ1n) is 3.80. The van der Waals surface area contributed by atoms with E-state index >= 15 is 0 Å². The fourth-order valence-corrected chi connectivity index (χ4v) is 1.30. The Kier molecular flexibility index (Phi) is 1.67. The number of halogens is 3. The van der Waals surface area contributed by atoms with Gasteiger partial charge in [0.15, 0.2) is 11.5 Å². The second-order valence-electron chi connectivity index (χ2n) is 2.77. The highest BCUT2D eigenvalue weighted by atomic mass is 19.4. The fourth-order valence-electron chi connectivity index (χ4n) is 1.30. The lowest BCUT2D eigenvalue weighted by Gasteiger charge is -2.05. The molecular weight excluding hydrogens is 195 g/mol. The summed E-state index contributed by atoms with van der Waals surface area (Å²) in [5.41, 5.74) is 4.46. The quantitative estimate of drug-likeness (QED) is 0.707. The van der Waals surface area contributed by atoms with Crippen LogP contribution in [0.4, 0.5) is 19.0 Å². The fraction of sp³-hybridized carbons (Fsp3) is 0.125. The van der Waals surface area contributed by atoms with Gasteiger partial charge in [-0.1, -0.05) is 6.07 Å². The average Bonchev–Trinajstić information content (AvgIpc) is 2.38. The lowest BCUT2D eigenvalue weighted by Crippen LogP contribution is -2.11. The number of anilines is 1. The van der Waals surface area contributed by atoms with Gasteiger partial charge in [0.25, 0.3) is 0 Å². The summed E-state index contributed by atoms with van der Waals surface area (Å²) >= 11 is 0. The number of rotatable bonds is 0. The van der Waals surface area contributed by atoms with E-state index in [0.717, 1.165) is 4.40 Å². The monoisotopic (exact) mass is 201 g/mol. The number of fused-ring (bicyclic) bond motifs is 1. The van der Waals surface area contributed by atoms with E-state index in [2.05, 4.69) is 4.98 Å². The van der Waals surface area contributed by atoms with E-state index in [0.29, 0.717) is 0 Å². The molecule has 0 saturated heterocycles. The average molecular weight is 201 g/mol. The van der Waals surface area contributed by atoms with Crippen LogP contribution in [0.5, 0.6) is 0 Å². The molecule has 0 atom stereocenters. The van der Waals surface area contributed by atoms with Gasteiger partial charge in [-0.15, -0.1) is 0 Å². The molecule has 0 bridgehead atoms. The molecule has 2 rings (SSSR count). The molecule has 0 aromatic carbocycles. The molecule has 14 heavy (non-hydrogen) atoms. The van der Waals surface area contributed by atoms with Gasteiger partial charge in [0.1, 0.15) is 5.65 Å². The Bertz CT molecular complexity index is 472. The van der Waals surface area contributed by atoms with E-state index in [4.69, 9.17) is 5.73 Å². The van der Waals surface area contributed by atoms with Gasteiger partial charge in [0.2, 0.25) is 0 Å². The van der Waals surface area contributed by atoms with Crippen molar-refractivity contribution in [2.24, 2.45) is 0 Å². The zero-order valence-corrected chi connectivity index (χ0v) is 6.92. The third kappa shape index (κ3) is 1.19. The largest absolute Gasteiger partial charge is 0.435 e. The van der Waals surface area contributed by atoms with Crippen molar-refractivity contribution in [1.82, 2.24) is 9.38 Å². The van der Waals surface area contributed by atoms with Crippen molar-refractivity contribution in [1.29, 1.82) is 0 Å². The molecule has 2 aromatic rings. The van der Waals surface area contributed by atoms with Crippen LogP contribution in [0.2, 0.25) is 0 Å². The summed E-state index contributed by atoms with van der Waals surface area (Å²) in [4.78, 5) is 3.60. The van der Waals surface area contributed by atoms with E-state index in [1.165, 1.54) is 18.3 Å². The summed E-state index contributed by atoms with van der Waals surface area (Å²) in [6.45, 7) is 0. The molecule has 0 unspecified atom stereocenters. The number of imidazole rings is 1. The summed E-state index contributed by atoms with van der Waals surface area (Å²) in [5, 5.41) is 0. The first-order chi connectivity index (χ1) is 6.50. The highest BCUT2D eigenvalue weighted by molar-refractivity contribution is 5.52. The maximum Gasteiger partial charge on any atom is 0.435 e. The molecule has 0 amide bonds. The maximum absolute atomic E-state index is 12.5. The lowest BCUT2D eigenvalue weighted by molar-refractivity contribution is -0.141. The highest BCUT2D eigenvalue weighted by Gasteiger charge is 2.37. The number of nitrogens with two attached hydrogens (primary N) is 1. The number of nitrogen functional groups attached to an aromatic ring is 1. The minimum absolute atomic E-state index is 0.192. The van der Waals surface area contributed by atoms with Crippen molar-refractivity contribution in [3.63, 3.8) is 0 Å². The second-order valence-corrected chi connectivity index (χ2v) is 2.77. The summed E-state index contributed by atoms with van der Waals surface area (Å²) in [7, 11) is 0. The number of nitrogens with zero attached hydrogens (tertiary/aromatic N) is 2. The van der Waals surface area contributed by atoms with E-state index in [1.54, 1.807) is 6.07 Å². The zero-order chi connectivity index (χ0) is 10.3. The SMILES string of the molecule is Nc1nc2ccccn2c1C(F)(F)F. The Morgan fingerprint density at radius 2 is 2.00 bits per heavy atom. The van der Waals surface area contributed by atoms with Gasteiger partial charge in [-0.25, -0.2) is 4.98 Å². The van der Waals surface area contributed by atoms with Crippen molar-refractivity contribution < 1.29 is 13.2 Å². The van der Waals surface area contributed by atoms with Crippen LogP contribution < -0.4 is 5.73 Å². The summed E-state index contributed by atoms with van der Waals surface area (Å²) < 4.78 is 38.3. The van der Waals surface area contributed by atoms with Crippen LogP contribution in [0, 0.1) is 0 Å². The molecule has 2 N–H and O–H groups in total. The Labute approximate surface area is 77.0 Å². The van der Waals surface area contributed by atoms with E-state index in [-0.39, 0.29) is 5.65 Å². The van der Waals surface area contributed by atoms with E-state index in [9.17, 15) is 13.2 Å². The predicted molar refractivity (Wildman–Crippen MR) is 44.6 cm³/mol. The van der Waals surface area contributed by atoms with Gasteiger partial charge in [0, 0.05) is 6.20 Å². The molecule has 0 radical (unpaired) electrons. The van der Waals surface area contributed by atoms with Gasteiger partial charge in [-0.3, -0.25) is 4.40 Å². The molecular formula is C8H6F3N3. The number of aromatic nitrogens is 2.